The maximum absolute atomic E-state index is 13.3. The number of nitrogens with zero attached hydrogens (tertiary/aromatic N) is 1. The van der Waals surface area contributed by atoms with Crippen molar-refractivity contribution in [3.63, 3.8) is 0 Å². The Morgan fingerprint density at radius 2 is 1.46 bits per heavy atom. The van der Waals surface area contributed by atoms with Crippen LogP contribution in [0.15, 0.2) is 0 Å². The van der Waals surface area contributed by atoms with Crippen LogP contribution in [-0.2, 0) is 19.0 Å². The number of esters is 1. The number of halogens is 2. The summed E-state index contributed by atoms with van der Waals surface area (Å²) in [5, 5.41) is 0. The van der Waals surface area contributed by atoms with Crippen molar-refractivity contribution in [3.05, 3.63) is 0 Å². The molecule has 26 heavy (non-hydrogen) atoms. The molecular weight excluding hydrogens is 352 g/mol. The van der Waals surface area contributed by atoms with Crippen molar-refractivity contribution in [1.82, 2.24) is 4.90 Å². The monoisotopic (exact) mass is 379 g/mol. The predicted molar refractivity (Wildman–Crippen MR) is 87.8 cm³/mol. The summed E-state index contributed by atoms with van der Waals surface area (Å²) in [6, 6.07) is 0. The van der Waals surface area contributed by atoms with E-state index < -0.39 is 53.7 Å². The summed E-state index contributed by atoms with van der Waals surface area (Å²) in [5.41, 5.74) is -4.15. The summed E-state index contributed by atoms with van der Waals surface area (Å²) >= 11 is 0. The number of carbonyl (C=O) groups excluding carboxylic acids is 3. The average molecular weight is 379 g/mol. The molecule has 0 radical (unpaired) electrons. The van der Waals surface area contributed by atoms with Crippen LogP contribution < -0.4 is 0 Å². The van der Waals surface area contributed by atoms with Crippen LogP contribution >= 0.6 is 0 Å². The molecule has 1 unspecified atom stereocenters. The molecule has 1 aliphatic carbocycles. The third-order valence-corrected chi connectivity index (χ3v) is 3.47. The summed E-state index contributed by atoms with van der Waals surface area (Å²) in [7, 11) is 0. The molecule has 1 saturated carbocycles. The van der Waals surface area contributed by atoms with Gasteiger partial charge in [0.15, 0.2) is 5.54 Å². The van der Waals surface area contributed by atoms with Gasteiger partial charge in [0, 0.05) is 0 Å². The van der Waals surface area contributed by atoms with Gasteiger partial charge in [0.2, 0.25) is 6.43 Å². The van der Waals surface area contributed by atoms with Crippen LogP contribution in [0.1, 0.15) is 54.9 Å². The van der Waals surface area contributed by atoms with Gasteiger partial charge in [0.05, 0.1) is 12.5 Å². The zero-order valence-electron chi connectivity index (χ0n) is 16.2. The molecular formula is C17H27F2NO6. The number of carbonyl (C=O) groups is 3. The minimum absolute atomic E-state index is 0.0903. The van der Waals surface area contributed by atoms with Crippen molar-refractivity contribution >= 4 is 18.2 Å². The Balaban J connectivity index is 3.33. The molecule has 2 amide bonds. The van der Waals surface area contributed by atoms with E-state index in [9.17, 15) is 23.2 Å². The van der Waals surface area contributed by atoms with E-state index in [1.807, 2.05) is 0 Å². The lowest BCUT2D eigenvalue weighted by Gasteiger charge is -2.33. The van der Waals surface area contributed by atoms with Gasteiger partial charge in [-0.3, -0.25) is 0 Å². The second kappa shape index (κ2) is 7.36. The highest BCUT2D eigenvalue weighted by Crippen LogP contribution is 2.53. The molecule has 2 atom stereocenters. The molecule has 0 aromatic heterocycles. The Hall–Kier alpha value is -1.93. The van der Waals surface area contributed by atoms with Crippen molar-refractivity contribution in [3.8, 4) is 0 Å². The van der Waals surface area contributed by atoms with E-state index in [4.69, 9.17) is 14.2 Å². The van der Waals surface area contributed by atoms with Gasteiger partial charge in [-0.25, -0.2) is 23.2 Å². The topological polar surface area (TPSA) is 82.1 Å². The normalized spacial score (nSPS) is 22.6. The number of amides is 2. The highest BCUT2D eigenvalue weighted by Gasteiger charge is 2.73. The van der Waals surface area contributed by atoms with Gasteiger partial charge in [-0.15, -0.1) is 0 Å². The average Bonchev–Trinajstić information content (AvgIpc) is 3.11. The summed E-state index contributed by atoms with van der Waals surface area (Å²) in [4.78, 5) is 38.0. The second-order valence-corrected chi connectivity index (χ2v) is 8.09. The number of imide groups is 1. The third kappa shape index (κ3) is 5.04. The van der Waals surface area contributed by atoms with E-state index in [1.165, 1.54) is 6.92 Å². The first kappa shape index (κ1) is 22.1. The second-order valence-electron chi connectivity index (χ2n) is 8.09. The number of ether oxygens (including phenoxy) is 3. The lowest BCUT2D eigenvalue weighted by Crippen LogP contribution is -2.55. The molecule has 0 N–H and O–H groups in total. The zero-order valence-corrected chi connectivity index (χ0v) is 16.2. The SMILES string of the molecule is CCOC(=O)[C@@]1(N(C(=O)OC(C)(C)C)C(=O)OC(C)(C)C)CC1C(F)F. The smallest absolute Gasteiger partial charge is 0.420 e. The van der Waals surface area contributed by atoms with Crippen LogP contribution in [0.4, 0.5) is 18.4 Å². The van der Waals surface area contributed by atoms with E-state index in [2.05, 4.69) is 0 Å². The number of rotatable bonds is 4. The Morgan fingerprint density at radius 1 is 1.04 bits per heavy atom. The number of hydrogen-bond donors (Lipinski definition) is 0. The van der Waals surface area contributed by atoms with Crippen LogP contribution in [0, 0.1) is 5.92 Å². The van der Waals surface area contributed by atoms with Crippen LogP contribution in [0.25, 0.3) is 0 Å². The van der Waals surface area contributed by atoms with Crippen LogP contribution in [-0.4, -0.2) is 52.8 Å². The molecule has 7 nitrogen and oxygen atoms in total. The highest BCUT2D eigenvalue weighted by molar-refractivity contribution is 5.99. The quantitative estimate of drug-likeness (QED) is 0.547. The largest absolute Gasteiger partial charge is 0.464 e. The van der Waals surface area contributed by atoms with Crippen molar-refractivity contribution in [2.75, 3.05) is 6.61 Å². The molecule has 0 heterocycles. The molecule has 1 rings (SSSR count). The Kier molecular flexibility index (Phi) is 6.26. The van der Waals surface area contributed by atoms with Gasteiger partial charge in [-0.05, 0) is 54.9 Å². The summed E-state index contributed by atoms with van der Waals surface area (Å²) in [5.74, 6) is -2.62. The van der Waals surface area contributed by atoms with Gasteiger partial charge in [-0.1, -0.05) is 0 Å². The predicted octanol–water partition coefficient (Wildman–Crippen LogP) is 3.75. The lowest BCUT2D eigenvalue weighted by molar-refractivity contribution is -0.152. The fraction of sp³-hybridized carbons (Fsp3) is 0.824. The third-order valence-electron chi connectivity index (χ3n) is 3.47. The molecule has 0 aliphatic heterocycles. The van der Waals surface area contributed by atoms with E-state index in [-0.39, 0.29) is 6.61 Å². The first-order chi connectivity index (χ1) is 11.7. The summed E-state index contributed by atoms with van der Waals surface area (Å²) in [6.07, 6.45) is -5.81. The van der Waals surface area contributed by atoms with Crippen molar-refractivity contribution in [2.24, 2.45) is 5.92 Å². The minimum atomic E-state index is -2.92. The molecule has 0 bridgehead atoms. The van der Waals surface area contributed by atoms with Gasteiger partial charge in [0.25, 0.3) is 0 Å². The van der Waals surface area contributed by atoms with Gasteiger partial charge < -0.3 is 14.2 Å². The standard InChI is InChI=1S/C17H27F2NO6/c1-8-24-12(21)17(9-10(17)11(18)19)20(13(22)25-15(2,3)4)14(23)26-16(5,6)7/h10-11H,8-9H2,1-7H3/t10?,17-/m1/s1. The molecule has 0 saturated heterocycles. The first-order valence-corrected chi connectivity index (χ1v) is 8.37. The summed E-state index contributed by atoms with van der Waals surface area (Å²) in [6.45, 7) is 10.7. The van der Waals surface area contributed by atoms with Crippen molar-refractivity contribution in [1.29, 1.82) is 0 Å². The number of alkyl halides is 2. The highest BCUT2D eigenvalue weighted by atomic mass is 19.3. The van der Waals surface area contributed by atoms with E-state index in [0.717, 1.165) is 0 Å². The molecule has 9 heteroatoms. The molecule has 0 aromatic carbocycles. The molecule has 150 valence electrons. The fourth-order valence-electron chi connectivity index (χ4n) is 2.43. The minimum Gasteiger partial charge on any atom is -0.464 e. The lowest BCUT2D eigenvalue weighted by atomic mass is 10.1. The van der Waals surface area contributed by atoms with Crippen molar-refractivity contribution in [2.45, 2.75) is 78.1 Å². The van der Waals surface area contributed by atoms with E-state index >= 15 is 0 Å². The summed E-state index contributed by atoms with van der Waals surface area (Å²) < 4.78 is 41.8. The molecule has 0 spiro atoms. The fourth-order valence-corrected chi connectivity index (χ4v) is 2.43. The first-order valence-electron chi connectivity index (χ1n) is 8.37. The van der Waals surface area contributed by atoms with Crippen molar-refractivity contribution < 1.29 is 37.4 Å². The van der Waals surface area contributed by atoms with Gasteiger partial charge in [-0.2, -0.15) is 4.90 Å². The zero-order chi connectivity index (χ0) is 20.5. The van der Waals surface area contributed by atoms with Gasteiger partial charge >= 0.3 is 18.2 Å². The molecule has 1 aliphatic rings. The maximum Gasteiger partial charge on any atom is 0.420 e. The van der Waals surface area contributed by atoms with Crippen LogP contribution in [0.5, 0.6) is 0 Å². The maximum atomic E-state index is 13.3. The molecule has 1 fully saturated rings. The van der Waals surface area contributed by atoms with Gasteiger partial charge in [0.1, 0.15) is 11.2 Å². The Morgan fingerprint density at radius 3 is 1.73 bits per heavy atom. The molecule has 0 aromatic rings. The van der Waals surface area contributed by atoms with E-state index in [0.29, 0.717) is 4.90 Å². The van der Waals surface area contributed by atoms with Crippen LogP contribution in [0.3, 0.4) is 0 Å². The Labute approximate surface area is 151 Å². The number of hydrogen-bond acceptors (Lipinski definition) is 6. The van der Waals surface area contributed by atoms with Crippen LogP contribution in [0.2, 0.25) is 0 Å². The van der Waals surface area contributed by atoms with E-state index in [1.54, 1.807) is 41.5 Å². The Bertz CT molecular complexity index is 539.